The third-order valence-electron chi connectivity index (χ3n) is 0.390. The highest BCUT2D eigenvalue weighted by Crippen LogP contribution is 1.71. The Labute approximate surface area is 55.2 Å². The van der Waals surface area contributed by atoms with E-state index >= 15 is 0 Å². The van der Waals surface area contributed by atoms with Crippen molar-refractivity contribution in [2.24, 2.45) is 0 Å². The van der Waals surface area contributed by atoms with E-state index in [1.165, 1.54) is 6.92 Å². The molecule has 0 amide bonds. The van der Waals surface area contributed by atoms with Gasteiger partial charge in [-0.05, 0) is 6.42 Å². The van der Waals surface area contributed by atoms with Crippen LogP contribution in [-0.2, 0) is 9.53 Å². The molecule has 0 aliphatic rings. The van der Waals surface area contributed by atoms with Gasteiger partial charge in [-0.15, -0.1) is 0 Å². The number of ether oxygens (including phenoxy) is 1. The zero-order valence-electron chi connectivity index (χ0n) is 5.76. The fourth-order valence-electron chi connectivity index (χ4n) is 0.166. The first kappa shape index (κ1) is 10.9. The van der Waals surface area contributed by atoms with Gasteiger partial charge in [-0.3, -0.25) is 4.79 Å². The fourth-order valence-corrected chi connectivity index (χ4v) is 0.166. The van der Waals surface area contributed by atoms with Crippen LogP contribution >= 0.6 is 0 Å². The fraction of sp³-hybridized carbons (Fsp3) is 0.667. The van der Waals surface area contributed by atoms with Crippen LogP contribution in [0.3, 0.4) is 0 Å². The first-order chi connectivity index (χ1) is 4.33. The Balaban J connectivity index is 0. The maximum absolute atomic E-state index is 9.34. The number of carbonyl (C=O) groups excluding carboxylic acids is 1. The average Bonchev–Trinajstić information content (AvgIpc) is 1.86. The van der Waals surface area contributed by atoms with Gasteiger partial charge in [0.25, 0.3) is 6.47 Å². The molecule has 52 valence electrons. The third kappa shape index (κ3) is 44.6. The molecular weight excluding hydrogens is 118 g/mol. The van der Waals surface area contributed by atoms with Gasteiger partial charge in [-0.1, -0.05) is 6.92 Å². The van der Waals surface area contributed by atoms with Gasteiger partial charge in [0.2, 0.25) is 0 Å². The summed E-state index contributed by atoms with van der Waals surface area (Å²) in [5.41, 5.74) is 0. The van der Waals surface area contributed by atoms with E-state index in [1.807, 2.05) is 6.92 Å². The van der Waals surface area contributed by atoms with Crippen LogP contribution in [0, 0.1) is 11.3 Å². The second-order valence-corrected chi connectivity index (χ2v) is 1.19. The van der Waals surface area contributed by atoms with Crippen molar-refractivity contribution in [3.05, 3.63) is 0 Å². The number of carbonyl (C=O) groups is 1. The summed E-state index contributed by atoms with van der Waals surface area (Å²) in [7, 11) is 0. The van der Waals surface area contributed by atoms with E-state index in [0.717, 1.165) is 6.42 Å². The summed E-state index contributed by atoms with van der Waals surface area (Å²) in [6, 6.07) is 1.75. The molecule has 0 N–H and O–H groups in total. The van der Waals surface area contributed by atoms with E-state index in [-0.39, 0.29) is 0 Å². The first-order valence-corrected chi connectivity index (χ1v) is 2.69. The molecular formula is C6H11NO2. The van der Waals surface area contributed by atoms with Gasteiger partial charge in [0, 0.05) is 6.92 Å². The van der Waals surface area contributed by atoms with Crippen molar-refractivity contribution in [1.82, 2.24) is 0 Å². The Morgan fingerprint density at radius 2 is 2.22 bits per heavy atom. The van der Waals surface area contributed by atoms with E-state index in [9.17, 15) is 4.79 Å². The number of rotatable bonds is 3. The number of nitriles is 1. The normalized spacial score (nSPS) is 5.89. The van der Waals surface area contributed by atoms with Crippen LogP contribution in [0.2, 0.25) is 0 Å². The molecule has 0 aliphatic heterocycles. The van der Waals surface area contributed by atoms with E-state index in [1.54, 1.807) is 6.07 Å². The molecule has 0 aromatic rings. The number of hydrogen-bond donors (Lipinski definition) is 0. The number of nitrogens with zero attached hydrogens (tertiary/aromatic N) is 1. The van der Waals surface area contributed by atoms with Gasteiger partial charge in [-0.25, -0.2) is 0 Å². The third-order valence-corrected chi connectivity index (χ3v) is 0.390. The van der Waals surface area contributed by atoms with Crippen LogP contribution in [0.4, 0.5) is 0 Å². The standard InChI is InChI=1S/C4H8O2.C2H3N/c1-2-3-6-4-5;1-2-3/h4H,2-3H2,1H3;1H3. The molecule has 0 unspecified atom stereocenters. The van der Waals surface area contributed by atoms with Crippen molar-refractivity contribution in [3.8, 4) is 6.07 Å². The van der Waals surface area contributed by atoms with Crippen molar-refractivity contribution in [2.45, 2.75) is 20.3 Å². The Bertz CT molecular complexity index is 85.5. The van der Waals surface area contributed by atoms with Crippen LogP contribution in [0.15, 0.2) is 0 Å². The molecule has 0 saturated heterocycles. The van der Waals surface area contributed by atoms with Crippen molar-refractivity contribution >= 4 is 6.47 Å². The predicted octanol–water partition coefficient (Wildman–Crippen LogP) is 1.10. The topological polar surface area (TPSA) is 50.1 Å². The van der Waals surface area contributed by atoms with E-state index < -0.39 is 0 Å². The van der Waals surface area contributed by atoms with Crippen molar-refractivity contribution in [2.75, 3.05) is 6.61 Å². The molecule has 0 fully saturated rings. The molecule has 0 aromatic carbocycles. The molecule has 3 heteroatoms. The highest BCUT2D eigenvalue weighted by atomic mass is 16.5. The van der Waals surface area contributed by atoms with Gasteiger partial charge in [0.05, 0.1) is 12.7 Å². The lowest BCUT2D eigenvalue weighted by Gasteiger charge is -1.86. The van der Waals surface area contributed by atoms with E-state index in [2.05, 4.69) is 4.74 Å². The Morgan fingerprint density at radius 1 is 1.78 bits per heavy atom. The van der Waals surface area contributed by atoms with Crippen LogP contribution in [0.25, 0.3) is 0 Å². The molecule has 9 heavy (non-hydrogen) atoms. The largest absolute Gasteiger partial charge is 0.468 e. The summed E-state index contributed by atoms with van der Waals surface area (Å²) in [5, 5.41) is 7.32. The van der Waals surface area contributed by atoms with E-state index in [0.29, 0.717) is 13.1 Å². The summed E-state index contributed by atoms with van der Waals surface area (Å²) >= 11 is 0. The summed E-state index contributed by atoms with van der Waals surface area (Å²) in [5.74, 6) is 0. The summed E-state index contributed by atoms with van der Waals surface area (Å²) in [6.07, 6.45) is 0.902. The van der Waals surface area contributed by atoms with E-state index in [4.69, 9.17) is 5.26 Å². The summed E-state index contributed by atoms with van der Waals surface area (Å²) < 4.78 is 4.30. The molecule has 3 nitrogen and oxygen atoms in total. The minimum Gasteiger partial charge on any atom is -0.468 e. The lowest BCUT2D eigenvalue weighted by atomic mass is 10.5. The zero-order valence-corrected chi connectivity index (χ0v) is 5.76. The lowest BCUT2D eigenvalue weighted by molar-refractivity contribution is -0.128. The molecule has 0 rings (SSSR count). The zero-order chi connectivity index (χ0) is 7.54. The SMILES string of the molecule is CC#N.CCCOC=O. The van der Waals surface area contributed by atoms with Crippen LogP contribution in [0.1, 0.15) is 20.3 Å². The molecule has 0 heterocycles. The molecule has 0 spiro atoms. The van der Waals surface area contributed by atoms with Gasteiger partial charge in [-0.2, -0.15) is 5.26 Å². The van der Waals surface area contributed by atoms with Gasteiger partial charge in [0.15, 0.2) is 0 Å². The highest BCUT2D eigenvalue weighted by Gasteiger charge is 1.71. The second kappa shape index (κ2) is 15.8. The monoisotopic (exact) mass is 129 g/mol. The summed E-state index contributed by atoms with van der Waals surface area (Å²) in [4.78, 5) is 9.34. The Kier molecular flexibility index (Phi) is 19.0. The van der Waals surface area contributed by atoms with Crippen molar-refractivity contribution in [1.29, 1.82) is 5.26 Å². The Morgan fingerprint density at radius 3 is 2.33 bits per heavy atom. The second-order valence-electron chi connectivity index (χ2n) is 1.19. The first-order valence-electron chi connectivity index (χ1n) is 2.69. The maximum atomic E-state index is 9.34. The van der Waals surface area contributed by atoms with Crippen molar-refractivity contribution < 1.29 is 9.53 Å². The molecule has 0 bridgehead atoms. The predicted molar refractivity (Wildman–Crippen MR) is 33.6 cm³/mol. The van der Waals surface area contributed by atoms with Gasteiger partial charge in [0.1, 0.15) is 0 Å². The molecule has 0 aliphatic carbocycles. The summed E-state index contributed by atoms with van der Waals surface area (Å²) in [6.45, 7) is 4.39. The van der Waals surface area contributed by atoms with Gasteiger partial charge >= 0.3 is 0 Å². The maximum Gasteiger partial charge on any atom is 0.293 e. The minimum absolute atomic E-state index is 0.462. The average molecular weight is 129 g/mol. The number of hydrogen-bond acceptors (Lipinski definition) is 3. The highest BCUT2D eigenvalue weighted by molar-refractivity contribution is 5.36. The smallest absolute Gasteiger partial charge is 0.293 e. The quantitative estimate of drug-likeness (QED) is 0.423. The lowest BCUT2D eigenvalue weighted by Crippen LogP contribution is -1.86. The molecule has 0 atom stereocenters. The van der Waals surface area contributed by atoms with Gasteiger partial charge < -0.3 is 4.74 Å². The molecule has 0 radical (unpaired) electrons. The molecule has 0 aromatic heterocycles. The van der Waals surface area contributed by atoms with Crippen LogP contribution in [-0.4, -0.2) is 13.1 Å². The molecule has 0 saturated carbocycles. The van der Waals surface area contributed by atoms with Crippen LogP contribution < -0.4 is 0 Å². The van der Waals surface area contributed by atoms with Crippen molar-refractivity contribution in [3.63, 3.8) is 0 Å². The van der Waals surface area contributed by atoms with Crippen LogP contribution in [0.5, 0.6) is 0 Å². The minimum atomic E-state index is 0.462. The Hall–Kier alpha value is -1.04.